The van der Waals surface area contributed by atoms with Crippen molar-refractivity contribution in [2.24, 2.45) is 0 Å². The predicted molar refractivity (Wildman–Crippen MR) is 105 cm³/mol. The molecular formula is C20H20Cl2O6. The van der Waals surface area contributed by atoms with Crippen molar-refractivity contribution in [3.05, 3.63) is 38.9 Å². The summed E-state index contributed by atoms with van der Waals surface area (Å²) in [6.45, 7) is 3.81. The number of carbonyl (C=O) groups is 1. The van der Waals surface area contributed by atoms with Crippen LogP contribution in [-0.2, 0) is 11.2 Å². The zero-order valence-electron chi connectivity index (χ0n) is 15.6. The zero-order chi connectivity index (χ0) is 20.6. The lowest BCUT2D eigenvalue weighted by Gasteiger charge is -2.18. The van der Waals surface area contributed by atoms with Gasteiger partial charge in [-0.15, -0.1) is 0 Å². The molecule has 0 aliphatic carbocycles. The van der Waals surface area contributed by atoms with E-state index in [0.717, 1.165) is 6.42 Å². The van der Waals surface area contributed by atoms with Crippen LogP contribution in [0, 0.1) is 0 Å². The van der Waals surface area contributed by atoms with E-state index in [9.17, 15) is 15.0 Å². The van der Waals surface area contributed by atoms with E-state index in [4.69, 9.17) is 37.4 Å². The Labute approximate surface area is 172 Å². The number of methoxy groups -OCH3 is 1. The Morgan fingerprint density at radius 2 is 1.86 bits per heavy atom. The van der Waals surface area contributed by atoms with E-state index in [2.05, 4.69) is 0 Å². The van der Waals surface area contributed by atoms with Crippen LogP contribution in [0.25, 0.3) is 0 Å². The molecule has 0 saturated heterocycles. The smallest absolute Gasteiger partial charge is 0.343 e. The molecule has 1 atom stereocenters. The van der Waals surface area contributed by atoms with Crippen LogP contribution in [0.1, 0.15) is 54.3 Å². The number of cyclic esters (lactones) is 1. The molecule has 28 heavy (non-hydrogen) atoms. The van der Waals surface area contributed by atoms with E-state index in [-0.39, 0.29) is 38.6 Å². The number of phenolic OH excluding ortho intramolecular Hbond substituents is 2. The number of fused-ring (bicyclic) bond motifs is 1. The van der Waals surface area contributed by atoms with Gasteiger partial charge in [0.15, 0.2) is 23.0 Å². The Morgan fingerprint density at radius 1 is 1.14 bits per heavy atom. The third-order valence-electron chi connectivity index (χ3n) is 4.55. The molecular weight excluding hydrogens is 407 g/mol. The molecule has 0 fully saturated rings. The van der Waals surface area contributed by atoms with Gasteiger partial charge in [-0.1, -0.05) is 43.5 Å². The molecule has 1 heterocycles. The lowest BCUT2D eigenvalue weighted by atomic mass is 10.0. The minimum atomic E-state index is -0.629. The molecule has 3 rings (SSSR count). The zero-order valence-corrected chi connectivity index (χ0v) is 17.1. The van der Waals surface area contributed by atoms with Crippen molar-refractivity contribution in [2.45, 2.75) is 39.2 Å². The maximum absolute atomic E-state index is 12.5. The van der Waals surface area contributed by atoms with Gasteiger partial charge in [-0.05, 0) is 18.9 Å². The van der Waals surface area contributed by atoms with Crippen LogP contribution in [-0.4, -0.2) is 23.3 Å². The summed E-state index contributed by atoms with van der Waals surface area (Å²) < 4.78 is 16.7. The Kier molecular flexibility index (Phi) is 5.82. The number of carbonyl (C=O) groups excluding carboxylic acids is 1. The summed E-state index contributed by atoms with van der Waals surface area (Å²) >= 11 is 12.5. The Hall–Kier alpha value is -2.31. The Balaban J connectivity index is 2.24. The Morgan fingerprint density at radius 3 is 2.46 bits per heavy atom. The van der Waals surface area contributed by atoms with Gasteiger partial charge in [0.25, 0.3) is 0 Å². The highest BCUT2D eigenvalue weighted by Crippen LogP contribution is 2.53. The molecule has 0 aromatic heterocycles. The number of benzene rings is 2. The van der Waals surface area contributed by atoms with Gasteiger partial charge >= 0.3 is 5.97 Å². The molecule has 150 valence electrons. The van der Waals surface area contributed by atoms with Gasteiger partial charge in [0.2, 0.25) is 0 Å². The van der Waals surface area contributed by atoms with E-state index in [1.54, 1.807) is 6.07 Å². The van der Waals surface area contributed by atoms with Crippen LogP contribution in [0.15, 0.2) is 12.1 Å². The number of hydrogen-bond donors (Lipinski definition) is 2. The summed E-state index contributed by atoms with van der Waals surface area (Å²) in [4.78, 5) is 12.5. The monoisotopic (exact) mass is 426 g/mol. The average Bonchev–Trinajstić information content (AvgIpc) is 3.01. The van der Waals surface area contributed by atoms with Gasteiger partial charge in [0.05, 0.1) is 12.1 Å². The van der Waals surface area contributed by atoms with Gasteiger partial charge < -0.3 is 24.4 Å². The molecule has 0 amide bonds. The van der Waals surface area contributed by atoms with Crippen molar-refractivity contribution in [1.29, 1.82) is 0 Å². The van der Waals surface area contributed by atoms with Gasteiger partial charge in [-0.25, -0.2) is 4.79 Å². The largest absolute Gasteiger partial charge is 0.508 e. The minimum absolute atomic E-state index is 0.0217. The fourth-order valence-corrected chi connectivity index (χ4v) is 3.86. The molecule has 0 radical (unpaired) electrons. The molecule has 0 spiro atoms. The standard InChI is InChI=1S/C20H20Cl2O6/c1-4-6-9-7-10(23)8-12(26-3)18(9)28-19-14-13(11(5-2)27-20(14)25)15(21)17(24)16(19)22/h7-8,11,23-24H,4-6H2,1-3H3/t11-/m1/s1. The first-order chi connectivity index (χ1) is 13.3. The first kappa shape index (κ1) is 20.4. The molecule has 0 bridgehead atoms. The molecule has 2 aromatic rings. The minimum Gasteiger partial charge on any atom is -0.508 e. The van der Waals surface area contributed by atoms with Crippen LogP contribution >= 0.6 is 23.2 Å². The van der Waals surface area contributed by atoms with Gasteiger partial charge in [0, 0.05) is 17.2 Å². The number of aryl methyl sites for hydroxylation is 1. The van der Waals surface area contributed by atoms with Crippen molar-refractivity contribution in [3.8, 4) is 28.7 Å². The molecule has 2 aromatic carbocycles. The second-order valence-electron chi connectivity index (χ2n) is 6.38. The van der Waals surface area contributed by atoms with Crippen LogP contribution < -0.4 is 9.47 Å². The third-order valence-corrected chi connectivity index (χ3v) is 5.29. The summed E-state index contributed by atoms with van der Waals surface area (Å²) in [6, 6.07) is 2.95. The normalized spacial score (nSPS) is 15.3. The van der Waals surface area contributed by atoms with Crippen LogP contribution in [0.3, 0.4) is 0 Å². The highest BCUT2D eigenvalue weighted by molar-refractivity contribution is 6.39. The predicted octanol–water partition coefficient (Wildman–Crippen LogP) is 5.78. The summed E-state index contributed by atoms with van der Waals surface area (Å²) in [7, 11) is 1.43. The van der Waals surface area contributed by atoms with E-state index in [1.165, 1.54) is 13.2 Å². The highest BCUT2D eigenvalue weighted by Gasteiger charge is 2.39. The molecule has 1 aliphatic heterocycles. The third kappa shape index (κ3) is 3.31. The van der Waals surface area contributed by atoms with Gasteiger partial charge in [-0.2, -0.15) is 0 Å². The highest BCUT2D eigenvalue weighted by atomic mass is 35.5. The summed E-state index contributed by atoms with van der Waals surface area (Å²) in [6.07, 6.45) is 1.24. The average molecular weight is 427 g/mol. The molecule has 1 aliphatic rings. The second kappa shape index (κ2) is 7.97. The van der Waals surface area contributed by atoms with E-state index >= 15 is 0 Å². The lowest BCUT2D eigenvalue weighted by Crippen LogP contribution is -2.02. The van der Waals surface area contributed by atoms with E-state index in [1.807, 2.05) is 13.8 Å². The lowest BCUT2D eigenvalue weighted by molar-refractivity contribution is 0.0377. The number of rotatable bonds is 6. The Bertz CT molecular complexity index is 941. The van der Waals surface area contributed by atoms with Crippen molar-refractivity contribution in [2.75, 3.05) is 7.11 Å². The summed E-state index contributed by atoms with van der Waals surface area (Å²) in [5.41, 5.74) is 1.09. The maximum Gasteiger partial charge on any atom is 0.343 e. The van der Waals surface area contributed by atoms with E-state index < -0.39 is 12.1 Å². The quantitative estimate of drug-likeness (QED) is 0.569. The van der Waals surface area contributed by atoms with E-state index in [0.29, 0.717) is 29.7 Å². The number of aromatic hydroxyl groups is 2. The first-order valence-electron chi connectivity index (χ1n) is 8.86. The first-order valence-corrected chi connectivity index (χ1v) is 9.62. The molecule has 0 unspecified atom stereocenters. The van der Waals surface area contributed by atoms with Gasteiger partial charge in [0.1, 0.15) is 22.4 Å². The molecule has 2 N–H and O–H groups in total. The SMILES string of the molecule is CCCc1cc(O)cc(OC)c1Oc1c(Cl)c(O)c(Cl)c2c1C(=O)O[C@@H]2CC. The van der Waals surface area contributed by atoms with Crippen molar-refractivity contribution < 1.29 is 29.2 Å². The molecule has 8 heteroatoms. The number of esters is 1. The maximum atomic E-state index is 12.5. The number of halogens is 2. The van der Waals surface area contributed by atoms with Crippen LogP contribution in [0.5, 0.6) is 28.7 Å². The summed E-state index contributed by atoms with van der Waals surface area (Å²) in [5, 5.41) is 20.1. The number of ether oxygens (including phenoxy) is 3. The fraction of sp³-hybridized carbons (Fsp3) is 0.350. The van der Waals surface area contributed by atoms with Crippen molar-refractivity contribution >= 4 is 29.2 Å². The molecule has 0 saturated carbocycles. The van der Waals surface area contributed by atoms with Gasteiger partial charge in [-0.3, -0.25) is 0 Å². The second-order valence-corrected chi connectivity index (χ2v) is 7.14. The topological polar surface area (TPSA) is 85.2 Å². The van der Waals surface area contributed by atoms with Crippen LogP contribution in [0.4, 0.5) is 0 Å². The van der Waals surface area contributed by atoms with Crippen molar-refractivity contribution in [3.63, 3.8) is 0 Å². The van der Waals surface area contributed by atoms with Crippen molar-refractivity contribution in [1.82, 2.24) is 0 Å². The number of phenols is 2. The molecule has 6 nitrogen and oxygen atoms in total. The fourth-order valence-electron chi connectivity index (χ4n) is 3.28. The summed E-state index contributed by atoms with van der Waals surface area (Å²) in [5.74, 6) is -0.491. The van der Waals surface area contributed by atoms with Crippen LogP contribution in [0.2, 0.25) is 10.0 Å². The number of hydrogen-bond acceptors (Lipinski definition) is 6.